The summed E-state index contributed by atoms with van der Waals surface area (Å²) in [7, 11) is 0. The van der Waals surface area contributed by atoms with Gasteiger partial charge in [-0.15, -0.1) is 0 Å². The summed E-state index contributed by atoms with van der Waals surface area (Å²) in [4.78, 5) is 25.9. The molecule has 1 aliphatic rings. The molecular weight excluding hydrogens is 409 g/mol. The van der Waals surface area contributed by atoms with Gasteiger partial charge in [-0.3, -0.25) is 14.8 Å². The van der Waals surface area contributed by atoms with Crippen molar-refractivity contribution in [2.45, 2.75) is 12.5 Å². The molecule has 7 nitrogen and oxygen atoms in total. The number of benzene rings is 2. The number of anilines is 1. The number of nitrogens with zero attached hydrogens (tertiary/aromatic N) is 4. The van der Waals surface area contributed by atoms with Crippen molar-refractivity contribution in [1.82, 2.24) is 15.0 Å². The van der Waals surface area contributed by atoms with Crippen molar-refractivity contribution in [2.24, 2.45) is 5.73 Å². The van der Waals surface area contributed by atoms with Crippen molar-refractivity contribution in [3.63, 3.8) is 0 Å². The minimum Gasteiger partial charge on any atom is -0.391 e. The predicted molar refractivity (Wildman–Crippen MR) is 121 cm³/mol. The Morgan fingerprint density at radius 3 is 2.50 bits per heavy atom. The van der Waals surface area contributed by atoms with Gasteiger partial charge in [0.2, 0.25) is 5.91 Å². The average Bonchev–Trinajstić information content (AvgIpc) is 3.25. The van der Waals surface area contributed by atoms with Gasteiger partial charge < -0.3 is 15.7 Å². The van der Waals surface area contributed by atoms with Crippen LogP contribution in [0.15, 0.2) is 73.1 Å². The van der Waals surface area contributed by atoms with E-state index in [2.05, 4.69) is 19.9 Å². The van der Waals surface area contributed by atoms with Crippen LogP contribution in [0.5, 0.6) is 0 Å². The highest BCUT2D eigenvalue weighted by Crippen LogP contribution is 2.20. The van der Waals surface area contributed by atoms with E-state index >= 15 is 0 Å². The molecule has 0 bridgehead atoms. The van der Waals surface area contributed by atoms with Gasteiger partial charge in [-0.1, -0.05) is 24.3 Å². The zero-order valence-electron chi connectivity index (χ0n) is 17.2. The lowest BCUT2D eigenvalue weighted by atomic mass is 10.1. The molecule has 1 saturated heterocycles. The van der Waals surface area contributed by atoms with Gasteiger partial charge in [0.1, 0.15) is 11.6 Å². The highest BCUT2D eigenvalue weighted by Gasteiger charge is 2.21. The van der Waals surface area contributed by atoms with Crippen LogP contribution in [0.3, 0.4) is 0 Å². The van der Waals surface area contributed by atoms with Gasteiger partial charge >= 0.3 is 0 Å². The number of carbonyl (C=O) groups is 1. The number of primary amides is 1. The van der Waals surface area contributed by atoms with Gasteiger partial charge in [-0.25, -0.2) is 9.37 Å². The summed E-state index contributed by atoms with van der Waals surface area (Å²) < 4.78 is 13.0. The molecule has 2 aromatic carbocycles. The molecule has 1 amide bonds. The van der Waals surface area contributed by atoms with E-state index in [1.165, 1.54) is 18.3 Å². The number of hydrogen-bond donors (Lipinski definition) is 2. The summed E-state index contributed by atoms with van der Waals surface area (Å²) in [6.45, 7) is 1.52. The van der Waals surface area contributed by atoms with E-state index in [1.54, 1.807) is 30.5 Å². The summed E-state index contributed by atoms with van der Waals surface area (Å²) in [6, 6.07) is 17.1. The molecule has 4 aromatic rings. The van der Waals surface area contributed by atoms with Crippen LogP contribution in [0.2, 0.25) is 0 Å². The molecule has 1 unspecified atom stereocenters. The molecule has 3 heterocycles. The summed E-state index contributed by atoms with van der Waals surface area (Å²) in [5.41, 5.74) is 8.50. The second-order valence-corrected chi connectivity index (χ2v) is 7.41. The molecule has 5 rings (SSSR count). The highest BCUT2D eigenvalue weighted by atomic mass is 19.1. The molecule has 3 N–H and O–H groups in total. The van der Waals surface area contributed by atoms with E-state index in [1.807, 2.05) is 24.3 Å². The topological polar surface area (TPSA) is 105 Å². The Labute approximate surface area is 184 Å². The minimum atomic E-state index is -0.529. The number of para-hydroxylation sites is 2. The molecule has 0 radical (unpaired) electrons. The third kappa shape index (κ3) is 5.04. The zero-order valence-corrected chi connectivity index (χ0v) is 17.2. The maximum Gasteiger partial charge on any atom is 0.250 e. The second kappa shape index (κ2) is 9.49. The molecule has 1 aliphatic heterocycles. The first kappa shape index (κ1) is 21.3. The SMILES string of the molecule is NC(=O)c1ccc(-c2cccc(F)c2)nc1.OC1CCN(c2cnc3ccccc3n2)C1. The first-order valence-electron chi connectivity index (χ1n) is 10.2. The largest absolute Gasteiger partial charge is 0.391 e. The van der Waals surface area contributed by atoms with Crippen LogP contribution < -0.4 is 10.6 Å². The Kier molecular flexibility index (Phi) is 6.32. The van der Waals surface area contributed by atoms with Gasteiger partial charge in [0.05, 0.1) is 34.6 Å². The van der Waals surface area contributed by atoms with Crippen LogP contribution in [0.4, 0.5) is 10.2 Å². The maximum absolute atomic E-state index is 13.0. The molecule has 0 spiro atoms. The Morgan fingerprint density at radius 2 is 1.84 bits per heavy atom. The molecule has 0 saturated carbocycles. The van der Waals surface area contributed by atoms with Crippen molar-refractivity contribution in [3.05, 3.63) is 84.4 Å². The minimum absolute atomic E-state index is 0.228. The summed E-state index contributed by atoms with van der Waals surface area (Å²) in [5.74, 6) is 0.00631. The maximum atomic E-state index is 13.0. The van der Waals surface area contributed by atoms with Crippen LogP contribution >= 0.6 is 0 Å². The number of rotatable bonds is 3. The number of aliphatic hydroxyl groups excluding tert-OH is 1. The van der Waals surface area contributed by atoms with E-state index < -0.39 is 5.91 Å². The Hall–Kier alpha value is -3.91. The highest BCUT2D eigenvalue weighted by molar-refractivity contribution is 5.92. The fourth-order valence-electron chi connectivity index (χ4n) is 3.41. The predicted octanol–water partition coefficient (Wildman–Crippen LogP) is 3.19. The molecule has 2 aromatic heterocycles. The molecule has 32 heavy (non-hydrogen) atoms. The molecule has 162 valence electrons. The number of β-amino-alcohol motifs (C(OH)–C–C–N with tert-alkyl or cyclic N) is 1. The van der Waals surface area contributed by atoms with Crippen LogP contribution in [-0.2, 0) is 0 Å². The Bertz CT molecular complexity index is 1230. The summed E-state index contributed by atoms with van der Waals surface area (Å²) in [6.07, 6.45) is 3.74. The van der Waals surface area contributed by atoms with Gasteiger partial charge in [-0.2, -0.15) is 0 Å². The van der Waals surface area contributed by atoms with Crippen molar-refractivity contribution in [1.29, 1.82) is 0 Å². The van der Waals surface area contributed by atoms with E-state index in [0.717, 1.165) is 29.8 Å². The van der Waals surface area contributed by atoms with Crippen LogP contribution in [0, 0.1) is 5.82 Å². The lowest BCUT2D eigenvalue weighted by molar-refractivity contribution is 0.1000. The number of pyridine rings is 1. The summed E-state index contributed by atoms with van der Waals surface area (Å²) in [5, 5.41) is 9.48. The van der Waals surface area contributed by atoms with E-state index in [-0.39, 0.29) is 11.9 Å². The Balaban J connectivity index is 0.000000153. The monoisotopic (exact) mass is 431 g/mol. The average molecular weight is 431 g/mol. The number of halogens is 1. The smallest absolute Gasteiger partial charge is 0.250 e. The van der Waals surface area contributed by atoms with E-state index in [0.29, 0.717) is 23.4 Å². The number of fused-ring (bicyclic) bond motifs is 1. The van der Waals surface area contributed by atoms with Crippen LogP contribution in [0.1, 0.15) is 16.8 Å². The normalized spacial score (nSPS) is 15.3. The second-order valence-electron chi connectivity index (χ2n) is 7.41. The number of nitrogens with two attached hydrogens (primary N) is 1. The standard InChI is InChI=1S/C12H9FN2O.C12H13N3O/c13-10-3-1-2-8(6-10)11-5-4-9(7-15-11)12(14)16;16-9-5-6-15(8-9)12-7-13-10-3-1-2-4-11(10)14-12/h1-7H,(H2,14,16);1-4,7,9,16H,5-6,8H2. The van der Waals surface area contributed by atoms with Crippen molar-refractivity contribution >= 4 is 22.8 Å². The van der Waals surface area contributed by atoms with Crippen molar-refractivity contribution in [3.8, 4) is 11.3 Å². The molecule has 8 heteroatoms. The van der Waals surface area contributed by atoms with Crippen molar-refractivity contribution in [2.75, 3.05) is 18.0 Å². The lowest BCUT2D eigenvalue weighted by Gasteiger charge is -2.16. The number of aromatic nitrogens is 3. The number of aliphatic hydroxyl groups is 1. The molecular formula is C24H22FN5O2. The third-order valence-electron chi connectivity index (χ3n) is 5.09. The van der Waals surface area contributed by atoms with Crippen LogP contribution in [-0.4, -0.2) is 45.2 Å². The number of carbonyl (C=O) groups excluding carboxylic acids is 1. The van der Waals surface area contributed by atoms with Gasteiger partial charge in [0, 0.05) is 24.8 Å². The first-order chi connectivity index (χ1) is 15.5. The summed E-state index contributed by atoms with van der Waals surface area (Å²) >= 11 is 0. The first-order valence-corrected chi connectivity index (χ1v) is 10.2. The Morgan fingerprint density at radius 1 is 1.03 bits per heavy atom. The van der Waals surface area contributed by atoms with E-state index in [9.17, 15) is 14.3 Å². The van der Waals surface area contributed by atoms with E-state index in [4.69, 9.17) is 5.73 Å². The number of amides is 1. The van der Waals surface area contributed by atoms with Crippen LogP contribution in [0.25, 0.3) is 22.3 Å². The zero-order chi connectivity index (χ0) is 22.5. The third-order valence-corrected chi connectivity index (χ3v) is 5.09. The van der Waals surface area contributed by atoms with Gasteiger partial charge in [-0.05, 0) is 42.8 Å². The molecule has 0 aliphatic carbocycles. The van der Waals surface area contributed by atoms with Gasteiger partial charge in [0.15, 0.2) is 0 Å². The number of hydrogen-bond acceptors (Lipinski definition) is 6. The van der Waals surface area contributed by atoms with Gasteiger partial charge in [0.25, 0.3) is 0 Å². The van der Waals surface area contributed by atoms with Crippen molar-refractivity contribution < 1.29 is 14.3 Å². The quantitative estimate of drug-likeness (QED) is 0.516. The lowest BCUT2D eigenvalue weighted by Crippen LogP contribution is -2.22. The fourth-order valence-corrected chi connectivity index (χ4v) is 3.41. The molecule has 1 fully saturated rings. The fraction of sp³-hybridized carbons (Fsp3) is 0.167. The molecule has 1 atom stereocenters.